The summed E-state index contributed by atoms with van der Waals surface area (Å²) in [6.07, 6.45) is -7.53. The van der Waals surface area contributed by atoms with E-state index in [9.17, 15) is 35.1 Å². The molecule has 5 N–H and O–H groups in total. The Kier molecular flexibility index (Phi) is 5.65. The molecule has 0 amide bonds. The maximum Gasteiger partial charge on any atom is 0.229 e. The smallest absolute Gasteiger partial charge is 0.229 e. The molecule has 1 aliphatic heterocycles. The molecule has 4 rings (SSSR count). The highest BCUT2D eigenvalue weighted by atomic mass is 16.7. The Balaban J connectivity index is 1.75. The van der Waals surface area contributed by atoms with Gasteiger partial charge < -0.3 is 39.7 Å². The number of carbonyl (C=O) groups excluding carboxylic acids is 2. The van der Waals surface area contributed by atoms with Gasteiger partial charge in [0.25, 0.3) is 0 Å². The van der Waals surface area contributed by atoms with E-state index in [1.165, 1.54) is 31.4 Å². The lowest BCUT2D eigenvalue weighted by molar-refractivity contribution is -0.277. The average Bonchev–Trinajstić information content (AvgIpc) is 2.76. The molecule has 170 valence electrons. The second kappa shape index (κ2) is 8.15. The number of methoxy groups -OCH3 is 1. The molecule has 10 heteroatoms. The van der Waals surface area contributed by atoms with Crippen molar-refractivity contribution in [3.05, 3.63) is 52.1 Å². The van der Waals surface area contributed by atoms with Crippen LogP contribution < -0.4 is 9.47 Å². The molecule has 0 aromatic heterocycles. The van der Waals surface area contributed by atoms with Crippen molar-refractivity contribution < 1.29 is 49.3 Å². The van der Waals surface area contributed by atoms with E-state index in [2.05, 4.69) is 0 Å². The highest BCUT2D eigenvalue weighted by molar-refractivity contribution is 6.30. The second-order valence-corrected chi connectivity index (χ2v) is 7.73. The van der Waals surface area contributed by atoms with Crippen LogP contribution in [0.2, 0.25) is 0 Å². The van der Waals surface area contributed by atoms with Crippen molar-refractivity contribution >= 4 is 11.6 Å². The summed E-state index contributed by atoms with van der Waals surface area (Å²) in [4.78, 5) is 26.3. The summed E-state index contributed by atoms with van der Waals surface area (Å²) >= 11 is 0. The van der Waals surface area contributed by atoms with Crippen LogP contribution in [0.5, 0.6) is 17.2 Å². The van der Waals surface area contributed by atoms with Gasteiger partial charge in [0.15, 0.2) is 5.78 Å². The number of aliphatic hydroxyl groups excluding tert-OH is 4. The summed E-state index contributed by atoms with van der Waals surface area (Å²) in [6.45, 7) is 1.04. The molecule has 1 heterocycles. The first-order valence-electron chi connectivity index (χ1n) is 9.80. The number of carbonyl (C=O) groups is 2. The van der Waals surface area contributed by atoms with Gasteiger partial charge in [0.05, 0.1) is 24.8 Å². The quantitative estimate of drug-likeness (QED) is 0.358. The number of benzene rings is 2. The molecule has 0 unspecified atom stereocenters. The Hall–Kier alpha value is -3.02. The van der Waals surface area contributed by atoms with Crippen LogP contribution >= 0.6 is 0 Å². The van der Waals surface area contributed by atoms with E-state index in [1.807, 2.05) is 0 Å². The molecular formula is C22H22O10. The fraction of sp³-hybridized carbons (Fsp3) is 0.364. The van der Waals surface area contributed by atoms with Crippen molar-refractivity contribution in [2.45, 2.75) is 37.6 Å². The van der Waals surface area contributed by atoms with Crippen LogP contribution in [0.4, 0.5) is 0 Å². The Morgan fingerprint density at radius 3 is 2.28 bits per heavy atom. The zero-order chi connectivity index (χ0) is 23.3. The van der Waals surface area contributed by atoms with Gasteiger partial charge in [0.1, 0.15) is 41.7 Å². The number of rotatable bonds is 4. The van der Waals surface area contributed by atoms with Crippen LogP contribution in [0.3, 0.4) is 0 Å². The molecule has 0 saturated carbocycles. The van der Waals surface area contributed by atoms with Crippen LogP contribution in [0.25, 0.3) is 0 Å². The molecule has 10 nitrogen and oxygen atoms in total. The topological polar surface area (TPSA) is 163 Å². The number of hydrogen-bond acceptors (Lipinski definition) is 10. The Morgan fingerprint density at radius 1 is 0.938 bits per heavy atom. The first-order chi connectivity index (χ1) is 15.2. The van der Waals surface area contributed by atoms with Crippen LogP contribution in [-0.2, 0) is 4.74 Å². The number of aromatic hydroxyl groups is 1. The summed E-state index contributed by atoms with van der Waals surface area (Å²) in [5, 5.41) is 49.7. The number of ether oxygens (including phenoxy) is 3. The standard InChI is InChI=1S/C22H22O10/c1-8-3-10-15(12(24)4-8)19(27)16-11(17(10)25)5-9(6-13(16)30-2)31-22-21(29)20(28)18(26)14(7-23)32-22/h3-6,14,18,20-24,26,28-29H,7H2,1-2H3/t14-,18-,20+,21-,22-/m1/s1. The highest BCUT2D eigenvalue weighted by Crippen LogP contribution is 2.40. The second-order valence-electron chi connectivity index (χ2n) is 7.73. The minimum atomic E-state index is -1.66. The van der Waals surface area contributed by atoms with Gasteiger partial charge in [-0.1, -0.05) is 0 Å². The number of ketones is 2. The summed E-state index contributed by atoms with van der Waals surface area (Å²) in [6, 6.07) is 5.44. The molecular weight excluding hydrogens is 424 g/mol. The molecule has 0 spiro atoms. The number of fused-ring (bicyclic) bond motifs is 2. The third kappa shape index (κ3) is 3.42. The summed E-state index contributed by atoms with van der Waals surface area (Å²) in [7, 11) is 1.29. The van der Waals surface area contributed by atoms with Crippen molar-refractivity contribution in [2.75, 3.05) is 13.7 Å². The van der Waals surface area contributed by atoms with Crippen LogP contribution in [0, 0.1) is 6.92 Å². The van der Waals surface area contributed by atoms with Gasteiger partial charge in [-0.3, -0.25) is 9.59 Å². The maximum absolute atomic E-state index is 13.2. The molecule has 1 saturated heterocycles. The number of phenols is 1. The lowest BCUT2D eigenvalue weighted by atomic mass is 9.82. The monoisotopic (exact) mass is 446 g/mol. The van der Waals surface area contributed by atoms with Crippen LogP contribution in [0.1, 0.15) is 37.4 Å². The Labute approximate surface area is 182 Å². The zero-order valence-corrected chi connectivity index (χ0v) is 17.2. The maximum atomic E-state index is 13.2. The third-order valence-corrected chi connectivity index (χ3v) is 5.60. The predicted molar refractivity (Wildman–Crippen MR) is 107 cm³/mol. The summed E-state index contributed by atoms with van der Waals surface area (Å²) < 4.78 is 16.2. The van der Waals surface area contributed by atoms with E-state index in [0.29, 0.717) is 5.56 Å². The van der Waals surface area contributed by atoms with E-state index >= 15 is 0 Å². The number of hydrogen-bond donors (Lipinski definition) is 5. The molecule has 0 bridgehead atoms. The molecule has 1 aliphatic carbocycles. The summed E-state index contributed by atoms with van der Waals surface area (Å²) in [5.41, 5.74) is 0.421. The minimum absolute atomic E-state index is 0.00827. The fourth-order valence-corrected chi connectivity index (χ4v) is 3.99. The van der Waals surface area contributed by atoms with Crippen molar-refractivity contribution in [1.29, 1.82) is 0 Å². The van der Waals surface area contributed by atoms with Gasteiger partial charge in [-0.25, -0.2) is 0 Å². The lowest BCUT2D eigenvalue weighted by Gasteiger charge is -2.39. The van der Waals surface area contributed by atoms with E-state index in [1.54, 1.807) is 6.92 Å². The molecule has 2 aliphatic rings. The SMILES string of the molecule is COc1cc(O[C@@H]2O[C@H](CO)[C@@H](O)[C@H](O)[C@H]2O)cc2c1C(=O)c1c(O)cc(C)cc1C2=O. The van der Waals surface area contributed by atoms with E-state index < -0.39 is 48.9 Å². The molecule has 0 radical (unpaired) electrons. The Morgan fingerprint density at radius 2 is 1.62 bits per heavy atom. The minimum Gasteiger partial charge on any atom is -0.507 e. The van der Waals surface area contributed by atoms with Gasteiger partial charge >= 0.3 is 0 Å². The molecule has 32 heavy (non-hydrogen) atoms. The van der Waals surface area contributed by atoms with Crippen molar-refractivity contribution in [1.82, 2.24) is 0 Å². The first kappa shape index (κ1) is 22.2. The van der Waals surface area contributed by atoms with Gasteiger partial charge in [0.2, 0.25) is 12.1 Å². The molecule has 5 atom stereocenters. The lowest BCUT2D eigenvalue weighted by Crippen LogP contribution is -2.60. The van der Waals surface area contributed by atoms with Gasteiger partial charge in [-0.2, -0.15) is 0 Å². The number of aryl methyl sites for hydroxylation is 1. The van der Waals surface area contributed by atoms with Crippen LogP contribution in [-0.4, -0.2) is 81.5 Å². The van der Waals surface area contributed by atoms with E-state index in [4.69, 9.17) is 14.2 Å². The molecule has 1 fully saturated rings. The Bertz CT molecular complexity index is 1090. The summed E-state index contributed by atoms with van der Waals surface area (Å²) in [5.74, 6) is -1.47. The highest BCUT2D eigenvalue weighted by Gasteiger charge is 2.45. The molecule has 2 aromatic rings. The van der Waals surface area contributed by atoms with Crippen molar-refractivity contribution in [2.24, 2.45) is 0 Å². The number of aliphatic hydroxyl groups is 4. The predicted octanol–water partition coefficient (Wildman–Crippen LogP) is -0.337. The van der Waals surface area contributed by atoms with Crippen molar-refractivity contribution in [3.63, 3.8) is 0 Å². The number of phenolic OH excluding ortho intramolecular Hbond substituents is 1. The van der Waals surface area contributed by atoms with Gasteiger partial charge in [0, 0.05) is 17.2 Å². The first-order valence-corrected chi connectivity index (χ1v) is 9.80. The van der Waals surface area contributed by atoms with Gasteiger partial charge in [-0.05, 0) is 30.7 Å². The van der Waals surface area contributed by atoms with Crippen molar-refractivity contribution in [3.8, 4) is 17.2 Å². The van der Waals surface area contributed by atoms with Crippen LogP contribution in [0.15, 0.2) is 24.3 Å². The van der Waals surface area contributed by atoms with E-state index in [-0.39, 0.29) is 39.5 Å². The van der Waals surface area contributed by atoms with E-state index in [0.717, 1.165) is 0 Å². The normalized spacial score (nSPS) is 27.0. The molecule has 2 aromatic carbocycles. The largest absolute Gasteiger partial charge is 0.507 e. The third-order valence-electron chi connectivity index (χ3n) is 5.60. The fourth-order valence-electron chi connectivity index (χ4n) is 3.99. The zero-order valence-electron chi connectivity index (χ0n) is 17.2. The van der Waals surface area contributed by atoms with Gasteiger partial charge in [-0.15, -0.1) is 0 Å². The average molecular weight is 446 g/mol.